The van der Waals surface area contributed by atoms with Crippen LogP contribution in [0.4, 0.5) is 5.82 Å². The van der Waals surface area contributed by atoms with Gasteiger partial charge >= 0.3 is 0 Å². The Morgan fingerprint density at radius 2 is 2.15 bits per heavy atom. The maximum atomic E-state index is 5.72. The maximum absolute atomic E-state index is 5.72. The van der Waals surface area contributed by atoms with E-state index in [9.17, 15) is 0 Å². The van der Waals surface area contributed by atoms with Crippen molar-refractivity contribution in [3.63, 3.8) is 0 Å². The van der Waals surface area contributed by atoms with Gasteiger partial charge in [-0.2, -0.15) is 5.10 Å². The fourth-order valence-corrected chi connectivity index (χ4v) is 2.61. The topological polar surface area (TPSA) is 68.9 Å². The second-order valence-corrected chi connectivity index (χ2v) is 4.84. The molecule has 0 saturated heterocycles. The Hall–Kier alpha value is -2.43. The lowest BCUT2D eigenvalue weighted by molar-refractivity contribution is 0.341. The van der Waals surface area contributed by atoms with Gasteiger partial charge in [0.1, 0.15) is 11.6 Å². The maximum Gasteiger partial charge on any atom is 0.145 e. The average molecular weight is 270 g/mol. The van der Waals surface area contributed by atoms with E-state index in [1.54, 1.807) is 0 Å². The number of aromatic nitrogens is 3. The minimum absolute atomic E-state index is 0.498. The van der Waals surface area contributed by atoms with Crippen LogP contribution in [-0.4, -0.2) is 21.4 Å². The van der Waals surface area contributed by atoms with Crippen molar-refractivity contribution in [1.82, 2.24) is 14.8 Å². The first-order valence-corrected chi connectivity index (χ1v) is 6.65. The monoisotopic (exact) mass is 270 g/mol. The predicted molar refractivity (Wildman–Crippen MR) is 80.8 cm³/mol. The van der Waals surface area contributed by atoms with E-state index in [1.165, 1.54) is 0 Å². The molecule has 0 atom stereocenters. The predicted octanol–water partition coefficient (Wildman–Crippen LogP) is 2.86. The molecule has 3 N–H and O–H groups in total. The van der Waals surface area contributed by atoms with Crippen LogP contribution in [0.1, 0.15) is 12.6 Å². The number of hydrogen-bond acceptors (Lipinski definition) is 3. The second kappa shape index (κ2) is 4.59. The van der Waals surface area contributed by atoms with Crippen molar-refractivity contribution in [1.29, 1.82) is 0 Å². The first kappa shape index (κ1) is 12.6. The van der Waals surface area contributed by atoms with E-state index in [-0.39, 0.29) is 0 Å². The summed E-state index contributed by atoms with van der Waals surface area (Å²) < 4.78 is 7.76. The highest BCUT2D eigenvalue weighted by Crippen LogP contribution is 2.35. The van der Waals surface area contributed by atoms with Crippen molar-refractivity contribution in [2.45, 2.75) is 13.8 Å². The van der Waals surface area contributed by atoms with E-state index >= 15 is 0 Å². The zero-order valence-corrected chi connectivity index (χ0v) is 11.9. The lowest BCUT2D eigenvalue weighted by Gasteiger charge is -2.03. The Bertz CT molecular complexity index is 770. The fourth-order valence-electron chi connectivity index (χ4n) is 2.61. The van der Waals surface area contributed by atoms with E-state index in [0.29, 0.717) is 12.4 Å². The SMILES string of the molecule is CCOc1ccc2c(c1)c(-c1cc(N)n[nH]1)c(C)n2C. The Balaban J connectivity index is 2.28. The number of fused-ring (bicyclic) bond motifs is 1. The number of anilines is 1. The van der Waals surface area contributed by atoms with Crippen LogP contribution in [-0.2, 0) is 7.05 Å². The number of ether oxygens (including phenoxy) is 1. The van der Waals surface area contributed by atoms with Crippen LogP contribution in [0.15, 0.2) is 24.3 Å². The first-order chi connectivity index (χ1) is 9.61. The van der Waals surface area contributed by atoms with Crippen molar-refractivity contribution < 1.29 is 4.74 Å². The van der Waals surface area contributed by atoms with Crippen molar-refractivity contribution in [3.05, 3.63) is 30.0 Å². The van der Waals surface area contributed by atoms with Gasteiger partial charge in [0.25, 0.3) is 0 Å². The molecule has 0 aliphatic rings. The molecule has 1 aromatic carbocycles. The van der Waals surface area contributed by atoms with Crippen molar-refractivity contribution in [3.8, 4) is 17.0 Å². The van der Waals surface area contributed by atoms with Crippen LogP contribution in [0.3, 0.4) is 0 Å². The summed E-state index contributed by atoms with van der Waals surface area (Å²) in [5, 5.41) is 8.15. The number of benzene rings is 1. The molecule has 0 fully saturated rings. The van der Waals surface area contributed by atoms with Crippen molar-refractivity contribution in [2.75, 3.05) is 12.3 Å². The molecule has 2 aromatic heterocycles. The van der Waals surface area contributed by atoms with Gasteiger partial charge in [0.15, 0.2) is 0 Å². The third-order valence-corrected chi connectivity index (χ3v) is 3.64. The number of nitrogens with two attached hydrogens (primary N) is 1. The first-order valence-electron chi connectivity index (χ1n) is 6.65. The number of nitrogens with zero attached hydrogens (tertiary/aromatic N) is 2. The number of nitrogen functional groups attached to an aromatic ring is 1. The summed E-state index contributed by atoms with van der Waals surface area (Å²) in [4.78, 5) is 0. The summed E-state index contributed by atoms with van der Waals surface area (Å²) in [6, 6.07) is 8.00. The molecule has 5 nitrogen and oxygen atoms in total. The van der Waals surface area contributed by atoms with Gasteiger partial charge in [-0.1, -0.05) is 0 Å². The zero-order valence-electron chi connectivity index (χ0n) is 11.9. The van der Waals surface area contributed by atoms with E-state index in [4.69, 9.17) is 10.5 Å². The summed E-state index contributed by atoms with van der Waals surface area (Å²) in [6.45, 7) is 4.73. The summed E-state index contributed by atoms with van der Waals surface area (Å²) in [7, 11) is 2.06. The van der Waals surface area contributed by atoms with Crippen LogP contribution in [0.25, 0.3) is 22.2 Å². The van der Waals surface area contributed by atoms with Crippen LogP contribution < -0.4 is 10.5 Å². The molecule has 0 saturated carbocycles. The molecule has 104 valence electrons. The number of nitrogens with one attached hydrogen (secondary N) is 1. The number of H-pyrrole nitrogens is 1. The minimum Gasteiger partial charge on any atom is -0.494 e. The number of aryl methyl sites for hydroxylation is 1. The molecular weight excluding hydrogens is 252 g/mol. The molecule has 0 aliphatic carbocycles. The van der Waals surface area contributed by atoms with E-state index in [0.717, 1.165) is 33.6 Å². The number of hydrogen-bond donors (Lipinski definition) is 2. The van der Waals surface area contributed by atoms with E-state index in [2.05, 4.69) is 40.9 Å². The summed E-state index contributed by atoms with van der Waals surface area (Å²) >= 11 is 0. The van der Waals surface area contributed by atoms with Gasteiger partial charge in [0.05, 0.1) is 12.3 Å². The summed E-state index contributed by atoms with van der Waals surface area (Å²) in [5.74, 6) is 1.37. The Labute approximate surface area is 117 Å². The van der Waals surface area contributed by atoms with Gasteiger partial charge < -0.3 is 15.0 Å². The standard InChI is InChI=1S/C15H18N4O/c1-4-20-10-5-6-13-11(7-10)15(9(2)19(13)3)12-8-14(16)18-17-12/h5-8H,4H2,1-3H3,(H3,16,17,18). The van der Waals surface area contributed by atoms with Gasteiger partial charge in [-0.05, 0) is 32.0 Å². The fraction of sp³-hybridized carbons (Fsp3) is 0.267. The van der Waals surface area contributed by atoms with Crippen LogP contribution in [0.2, 0.25) is 0 Å². The van der Waals surface area contributed by atoms with Gasteiger partial charge in [0.2, 0.25) is 0 Å². The van der Waals surface area contributed by atoms with Crippen LogP contribution >= 0.6 is 0 Å². The molecule has 3 rings (SSSR count). The number of aromatic amines is 1. The highest BCUT2D eigenvalue weighted by Gasteiger charge is 2.16. The smallest absolute Gasteiger partial charge is 0.145 e. The van der Waals surface area contributed by atoms with Crippen LogP contribution in [0.5, 0.6) is 5.75 Å². The Morgan fingerprint density at radius 3 is 2.80 bits per heavy atom. The van der Waals surface area contributed by atoms with Crippen molar-refractivity contribution in [2.24, 2.45) is 7.05 Å². The van der Waals surface area contributed by atoms with Gasteiger partial charge in [-0.15, -0.1) is 0 Å². The average Bonchev–Trinajstić information content (AvgIpc) is 2.94. The lowest BCUT2D eigenvalue weighted by Crippen LogP contribution is -1.92. The molecular formula is C15H18N4O. The van der Waals surface area contributed by atoms with Crippen molar-refractivity contribution >= 4 is 16.7 Å². The van der Waals surface area contributed by atoms with E-state index < -0.39 is 0 Å². The van der Waals surface area contributed by atoms with Crippen LogP contribution in [0, 0.1) is 6.92 Å². The molecule has 0 unspecified atom stereocenters. The largest absolute Gasteiger partial charge is 0.494 e. The third kappa shape index (κ3) is 1.82. The van der Waals surface area contributed by atoms with Gasteiger partial charge in [-0.25, -0.2) is 0 Å². The molecule has 20 heavy (non-hydrogen) atoms. The molecule has 0 radical (unpaired) electrons. The quantitative estimate of drug-likeness (QED) is 0.769. The third-order valence-electron chi connectivity index (χ3n) is 3.64. The van der Waals surface area contributed by atoms with E-state index in [1.807, 2.05) is 19.1 Å². The molecule has 0 bridgehead atoms. The minimum atomic E-state index is 0.498. The molecule has 2 heterocycles. The molecule has 5 heteroatoms. The highest BCUT2D eigenvalue weighted by molar-refractivity contribution is 5.98. The Kier molecular flexibility index (Phi) is 2.89. The molecule has 0 amide bonds. The normalized spacial score (nSPS) is 11.2. The lowest BCUT2D eigenvalue weighted by atomic mass is 10.1. The Morgan fingerprint density at radius 1 is 1.35 bits per heavy atom. The summed E-state index contributed by atoms with van der Waals surface area (Å²) in [5.41, 5.74) is 10.1. The van der Waals surface area contributed by atoms with Gasteiger partial charge in [0, 0.05) is 35.3 Å². The second-order valence-electron chi connectivity index (χ2n) is 4.84. The molecule has 3 aromatic rings. The molecule has 0 aliphatic heterocycles. The molecule has 0 spiro atoms. The van der Waals surface area contributed by atoms with Gasteiger partial charge in [-0.3, -0.25) is 5.10 Å². The number of rotatable bonds is 3. The zero-order chi connectivity index (χ0) is 14.3. The highest BCUT2D eigenvalue weighted by atomic mass is 16.5. The summed E-state index contributed by atoms with van der Waals surface area (Å²) in [6.07, 6.45) is 0.